The highest BCUT2D eigenvalue weighted by Gasteiger charge is 2.32. The van der Waals surface area contributed by atoms with Crippen molar-refractivity contribution in [3.63, 3.8) is 0 Å². The van der Waals surface area contributed by atoms with Crippen LogP contribution in [0.4, 0.5) is 0 Å². The monoisotopic (exact) mass is 436 g/mol. The lowest BCUT2D eigenvalue weighted by molar-refractivity contribution is -0.138. The molecule has 1 aromatic carbocycles. The summed E-state index contributed by atoms with van der Waals surface area (Å²) >= 11 is 1.02. The largest absolute Gasteiger partial charge is 0.493 e. The minimum Gasteiger partial charge on any atom is -0.493 e. The first-order valence-electron chi connectivity index (χ1n) is 9.26. The Bertz CT molecular complexity index is 853. The van der Waals surface area contributed by atoms with E-state index < -0.39 is 17.1 Å². The van der Waals surface area contributed by atoms with Crippen LogP contribution in [-0.4, -0.2) is 71.2 Å². The van der Waals surface area contributed by atoms with E-state index in [9.17, 15) is 14.4 Å². The predicted octanol–water partition coefficient (Wildman–Crippen LogP) is 1.34. The normalized spacial score (nSPS) is 17.2. The Morgan fingerprint density at radius 2 is 2.03 bits per heavy atom. The van der Waals surface area contributed by atoms with Crippen molar-refractivity contribution in [2.24, 2.45) is 10.2 Å². The molecule has 2 N–H and O–H groups in total. The first kappa shape index (κ1) is 23.2. The number of hydrogen-bond acceptors (Lipinski definition) is 8. The number of nitrogens with zero attached hydrogens (tertiary/aromatic N) is 3. The van der Waals surface area contributed by atoms with Crippen LogP contribution < -0.4 is 14.8 Å². The molecule has 30 heavy (non-hydrogen) atoms. The van der Waals surface area contributed by atoms with E-state index in [1.807, 2.05) is 13.8 Å². The van der Waals surface area contributed by atoms with Crippen LogP contribution >= 0.6 is 11.8 Å². The summed E-state index contributed by atoms with van der Waals surface area (Å²) < 4.78 is 10.9. The highest BCUT2D eigenvalue weighted by Crippen LogP contribution is 2.28. The summed E-state index contributed by atoms with van der Waals surface area (Å²) in [5.41, 5.74) is 0.662. The van der Waals surface area contributed by atoms with Crippen molar-refractivity contribution in [3.05, 3.63) is 23.8 Å². The fraction of sp³-hybridized carbons (Fsp3) is 0.421. The smallest absolute Gasteiger partial charge is 0.305 e. The summed E-state index contributed by atoms with van der Waals surface area (Å²) in [5, 5.41) is 18.6. The van der Waals surface area contributed by atoms with Crippen molar-refractivity contribution in [3.8, 4) is 11.5 Å². The number of hydrogen-bond donors (Lipinski definition) is 2. The molecule has 1 heterocycles. The Kier molecular flexibility index (Phi) is 8.66. The van der Waals surface area contributed by atoms with E-state index >= 15 is 0 Å². The summed E-state index contributed by atoms with van der Waals surface area (Å²) in [6.45, 7) is 4.95. The summed E-state index contributed by atoms with van der Waals surface area (Å²) in [6.07, 6.45) is 1.17. The van der Waals surface area contributed by atoms with Gasteiger partial charge < -0.3 is 24.8 Å². The fourth-order valence-corrected chi connectivity index (χ4v) is 3.50. The number of amidine groups is 1. The van der Waals surface area contributed by atoms with Gasteiger partial charge in [-0.25, -0.2) is 0 Å². The molecule has 1 aromatic rings. The number of carboxylic acid groups (broad SMARTS) is 1. The zero-order valence-corrected chi connectivity index (χ0v) is 17.8. The molecule has 11 heteroatoms. The number of methoxy groups -OCH3 is 1. The van der Waals surface area contributed by atoms with Crippen molar-refractivity contribution in [1.82, 2.24) is 10.2 Å². The molecule has 0 radical (unpaired) electrons. The van der Waals surface area contributed by atoms with Gasteiger partial charge in [-0.3, -0.25) is 14.4 Å². The third kappa shape index (κ3) is 6.48. The molecule has 0 aliphatic carbocycles. The maximum Gasteiger partial charge on any atom is 0.305 e. The van der Waals surface area contributed by atoms with Gasteiger partial charge >= 0.3 is 5.97 Å². The van der Waals surface area contributed by atoms with E-state index in [1.165, 1.54) is 13.3 Å². The summed E-state index contributed by atoms with van der Waals surface area (Å²) in [4.78, 5) is 36.2. The zero-order valence-electron chi connectivity index (χ0n) is 17.0. The molecule has 0 saturated carbocycles. The zero-order chi connectivity index (χ0) is 22.1. The number of aliphatic carboxylic acids is 1. The number of ether oxygens (including phenoxy) is 2. The van der Waals surface area contributed by atoms with Crippen molar-refractivity contribution in [1.29, 1.82) is 0 Å². The molecule has 1 aliphatic heterocycles. The van der Waals surface area contributed by atoms with Gasteiger partial charge in [-0.15, -0.1) is 5.10 Å². The maximum absolute atomic E-state index is 12.1. The lowest BCUT2D eigenvalue weighted by atomic mass is 10.2. The lowest BCUT2D eigenvalue weighted by Crippen LogP contribution is -2.34. The molecule has 2 amide bonds. The van der Waals surface area contributed by atoms with Crippen molar-refractivity contribution in [2.75, 3.05) is 26.8 Å². The predicted molar refractivity (Wildman–Crippen MR) is 113 cm³/mol. The topological polar surface area (TPSA) is 130 Å². The van der Waals surface area contributed by atoms with Gasteiger partial charge in [-0.2, -0.15) is 5.10 Å². The maximum atomic E-state index is 12.1. The van der Waals surface area contributed by atoms with E-state index in [0.717, 1.165) is 11.8 Å². The number of nitrogens with one attached hydrogen (secondary N) is 1. The summed E-state index contributed by atoms with van der Waals surface area (Å²) in [6, 6.07) is 5.06. The fourth-order valence-electron chi connectivity index (χ4n) is 2.58. The van der Waals surface area contributed by atoms with Gasteiger partial charge in [0.15, 0.2) is 23.3 Å². The van der Waals surface area contributed by atoms with Crippen LogP contribution in [0.1, 0.15) is 25.8 Å². The average molecular weight is 436 g/mol. The molecule has 1 saturated heterocycles. The second-order valence-electron chi connectivity index (χ2n) is 6.11. The van der Waals surface area contributed by atoms with Crippen LogP contribution in [0, 0.1) is 0 Å². The van der Waals surface area contributed by atoms with Gasteiger partial charge in [0.1, 0.15) is 5.25 Å². The first-order valence-corrected chi connectivity index (χ1v) is 10.1. The van der Waals surface area contributed by atoms with Gasteiger partial charge in [0, 0.05) is 13.1 Å². The highest BCUT2D eigenvalue weighted by atomic mass is 32.2. The van der Waals surface area contributed by atoms with Crippen molar-refractivity contribution >= 4 is 40.9 Å². The molecule has 1 fully saturated rings. The molecule has 1 unspecified atom stereocenters. The summed E-state index contributed by atoms with van der Waals surface area (Å²) in [5.74, 6) is -0.708. The SMILES string of the molecule is CCN(CC)C(=O)COc1ccc(C=NN=C2NC(=O)C(CC(=O)O)S2)cc1OC. The molecule has 0 aromatic heterocycles. The third-order valence-electron chi connectivity index (χ3n) is 4.15. The van der Waals surface area contributed by atoms with Crippen molar-refractivity contribution < 1.29 is 29.0 Å². The Hall–Kier alpha value is -3.08. The van der Waals surface area contributed by atoms with Gasteiger partial charge in [0.2, 0.25) is 5.91 Å². The molecule has 0 bridgehead atoms. The van der Waals surface area contributed by atoms with Crippen LogP contribution in [0.2, 0.25) is 0 Å². The third-order valence-corrected chi connectivity index (χ3v) is 5.22. The molecule has 162 valence electrons. The molecule has 2 rings (SSSR count). The second kappa shape index (κ2) is 11.2. The van der Waals surface area contributed by atoms with Crippen molar-refractivity contribution in [2.45, 2.75) is 25.5 Å². The van der Waals surface area contributed by atoms with Crippen LogP contribution in [0.25, 0.3) is 0 Å². The Balaban J connectivity index is 2.00. The van der Waals surface area contributed by atoms with Crippen LogP contribution in [-0.2, 0) is 14.4 Å². The number of likely N-dealkylation sites (N-methyl/N-ethyl adjacent to an activating group) is 1. The highest BCUT2D eigenvalue weighted by molar-refractivity contribution is 8.15. The minimum atomic E-state index is -1.05. The van der Waals surface area contributed by atoms with E-state index in [-0.39, 0.29) is 24.1 Å². The van der Waals surface area contributed by atoms with E-state index in [1.54, 1.807) is 23.1 Å². The van der Waals surface area contributed by atoms with Gasteiger partial charge in [0.25, 0.3) is 5.91 Å². The molecular formula is C19H24N4O6S. The molecule has 0 spiro atoms. The van der Waals surface area contributed by atoms with Gasteiger partial charge in [-0.1, -0.05) is 11.8 Å². The minimum absolute atomic E-state index is 0.0897. The van der Waals surface area contributed by atoms with E-state index in [0.29, 0.717) is 30.2 Å². The molecule has 1 aliphatic rings. The number of rotatable bonds is 10. The second-order valence-corrected chi connectivity index (χ2v) is 7.30. The Morgan fingerprint density at radius 1 is 1.30 bits per heavy atom. The molecule has 10 nitrogen and oxygen atoms in total. The Morgan fingerprint density at radius 3 is 2.67 bits per heavy atom. The quantitative estimate of drug-likeness (QED) is 0.418. The number of thioether (sulfide) groups is 1. The lowest BCUT2D eigenvalue weighted by Gasteiger charge is -2.19. The average Bonchev–Trinajstić information content (AvgIpc) is 3.06. The number of benzene rings is 1. The standard InChI is InChI=1S/C19H24N4O6S/c1-4-23(5-2)16(24)11-29-13-7-6-12(8-14(13)28-3)10-20-22-19-21-18(27)15(30-19)9-17(25)26/h6-8,10,15H,4-5,9,11H2,1-3H3,(H,25,26)(H,21,22,27). The molecular weight excluding hydrogens is 412 g/mol. The van der Waals surface area contributed by atoms with E-state index in [4.69, 9.17) is 14.6 Å². The number of carboxylic acids is 1. The summed E-state index contributed by atoms with van der Waals surface area (Å²) in [7, 11) is 1.49. The Labute approximate surface area is 178 Å². The van der Waals surface area contributed by atoms with E-state index in [2.05, 4.69) is 15.5 Å². The first-order chi connectivity index (χ1) is 14.4. The number of amides is 2. The van der Waals surface area contributed by atoms with Gasteiger partial charge in [0.05, 0.1) is 19.7 Å². The number of carbonyl (C=O) groups excluding carboxylic acids is 2. The van der Waals surface area contributed by atoms with Crippen LogP contribution in [0.5, 0.6) is 11.5 Å². The van der Waals surface area contributed by atoms with Crippen LogP contribution in [0.15, 0.2) is 28.4 Å². The number of carbonyl (C=O) groups is 3. The molecule has 1 atom stereocenters. The van der Waals surface area contributed by atoms with Gasteiger partial charge in [-0.05, 0) is 37.6 Å². The van der Waals surface area contributed by atoms with Crippen LogP contribution in [0.3, 0.4) is 0 Å².